The van der Waals surface area contributed by atoms with Gasteiger partial charge in [-0.15, -0.1) is 0 Å². The molecule has 0 unspecified atom stereocenters. The molecule has 230 valence electrons. The van der Waals surface area contributed by atoms with Crippen LogP contribution in [0.2, 0.25) is 0 Å². The topological polar surface area (TPSA) is 63.8 Å². The summed E-state index contributed by atoms with van der Waals surface area (Å²) in [7, 11) is 2.28. The molecule has 0 aliphatic heterocycles. The Bertz CT molecular complexity index is 1170. The van der Waals surface area contributed by atoms with Gasteiger partial charge in [0.2, 0.25) is 0 Å². The van der Waals surface area contributed by atoms with Crippen molar-refractivity contribution in [3.05, 3.63) is 72.8 Å². The van der Waals surface area contributed by atoms with E-state index >= 15 is 0 Å². The number of hydrogen-bond acceptors (Lipinski definition) is 5. The van der Waals surface area contributed by atoms with Crippen LogP contribution in [0.4, 0.5) is 0 Å². The number of hydrogen-bond donors (Lipinski definition) is 3. The average Bonchev–Trinajstić information content (AvgIpc) is 2.96. The van der Waals surface area contributed by atoms with Crippen LogP contribution in [0.1, 0.15) is 48.5 Å². The van der Waals surface area contributed by atoms with Crippen LogP contribution in [-0.4, -0.2) is 45.1 Å². The molecule has 0 bridgehead atoms. The van der Waals surface area contributed by atoms with Crippen molar-refractivity contribution in [1.82, 2.24) is 15.7 Å². The number of methoxy groups -OCH3 is 3. The molecule has 0 saturated carbocycles. The number of benzene rings is 3. The van der Waals surface area contributed by atoms with E-state index in [1.165, 1.54) is 15.9 Å². The summed E-state index contributed by atoms with van der Waals surface area (Å²) in [4.78, 5) is 0. The molecule has 3 rings (SSSR count). The Labute approximate surface area is 259 Å². The van der Waals surface area contributed by atoms with Gasteiger partial charge >= 0.3 is 260 Å². The third-order valence-corrected chi connectivity index (χ3v) is 12.7. The molecule has 0 fully saturated rings. The Morgan fingerprint density at radius 1 is 0.643 bits per heavy atom. The van der Waals surface area contributed by atoms with E-state index in [0.717, 1.165) is 17.2 Å². The molecule has 42 heavy (non-hydrogen) atoms. The predicted molar refractivity (Wildman–Crippen MR) is 185 cm³/mol. The van der Waals surface area contributed by atoms with Crippen molar-refractivity contribution in [3.63, 3.8) is 0 Å². The Morgan fingerprint density at radius 3 is 1.29 bits per heavy atom. The molecule has 8 heteroatoms. The van der Waals surface area contributed by atoms with Crippen molar-refractivity contribution in [1.29, 1.82) is 0 Å². The van der Waals surface area contributed by atoms with E-state index in [9.17, 15) is 0 Å². The van der Waals surface area contributed by atoms with Gasteiger partial charge in [-0.1, -0.05) is 0 Å². The molecule has 0 aliphatic carbocycles. The number of nitrogens with one attached hydrogen (secondary N) is 3. The molecule has 3 N–H and O–H groups in total. The standard InChI is InChI=1S/C34H50N3O3PS/c1-24(33(2,3)4)36-32(42)37-31(34(5,6)7)23-35-41(28-17-11-25(38-8)12-18-28,29-19-13-26(39-9)14-20-29)30-21-15-27(40-10)16-22-30/h11-22,24,31,35,41H,23H2,1-10H3,(H2,36,37,42)/t24-,31+/m0/s1. The fraction of sp³-hybridized carbons (Fsp3) is 0.441. The predicted octanol–water partition coefficient (Wildman–Crippen LogP) is 5.56. The van der Waals surface area contributed by atoms with Crippen molar-refractivity contribution in [2.24, 2.45) is 10.8 Å². The van der Waals surface area contributed by atoms with E-state index in [1.54, 1.807) is 21.3 Å². The number of rotatable bonds is 11. The van der Waals surface area contributed by atoms with E-state index in [4.69, 9.17) is 26.4 Å². The minimum absolute atomic E-state index is 0.0475. The summed E-state index contributed by atoms with van der Waals surface area (Å²) in [6.07, 6.45) is 0. The first-order valence-electron chi connectivity index (χ1n) is 14.5. The second-order valence-corrected chi connectivity index (χ2v) is 16.9. The van der Waals surface area contributed by atoms with E-state index in [1.807, 2.05) is 36.4 Å². The quantitative estimate of drug-likeness (QED) is 0.194. The molecule has 0 aromatic heterocycles. The fourth-order valence-electron chi connectivity index (χ4n) is 4.77. The van der Waals surface area contributed by atoms with Crippen molar-refractivity contribution < 1.29 is 14.2 Å². The molecule has 0 heterocycles. The van der Waals surface area contributed by atoms with Crippen LogP contribution in [0.5, 0.6) is 17.2 Å². The maximum absolute atomic E-state index is 5.83. The molecular weight excluding hydrogens is 561 g/mol. The Balaban J connectivity index is 2.13. The summed E-state index contributed by atoms with van der Waals surface area (Å²) in [5.41, 5.74) is 0.00393. The first-order chi connectivity index (χ1) is 19.7. The average molecular weight is 612 g/mol. The number of thiocarbonyl (C=S) groups is 1. The van der Waals surface area contributed by atoms with Crippen LogP contribution in [-0.2, 0) is 0 Å². The van der Waals surface area contributed by atoms with Crippen LogP contribution >= 0.6 is 19.6 Å². The molecule has 0 spiro atoms. The first kappa shape index (κ1) is 33.6. The van der Waals surface area contributed by atoms with Gasteiger partial charge in [-0.25, -0.2) is 0 Å². The van der Waals surface area contributed by atoms with Gasteiger partial charge in [0.1, 0.15) is 0 Å². The van der Waals surface area contributed by atoms with Gasteiger partial charge in [-0.05, 0) is 0 Å². The molecule has 6 nitrogen and oxygen atoms in total. The summed E-state index contributed by atoms with van der Waals surface area (Å²) < 4.78 is 16.6. The molecule has 2 atom stereocenters. The zero-order valence-electron chi connectivity index (χ0n) is 26.9. The van der Waals surface area contributed by atoms with E-state index in [-0.39, 0.29) is 22.9 Å². The van der Waals surface area contributed by atoms with Crippen LogP contribution < -0.4 is 45.8 Å². The monoisotopic (exact) mass is 611 g/mol. The SMILES string of the molecule is COc1ccc([PH](NC[C@@H](NC(=S)N[C@@H](C)C(C)(C)C)C(C)(C)C)(c2ccc(OC)cc2)c2ccc(OC)cc2)cc1. The molecular formula is C34H50N3O3PS. The van der Waals surface area contributed by atoms with Gasteiger partial charge in [0.15, 0.2) is 0 Å². The van der Waals surface area contributed by atoms with Crippen molar-refractivity contribution >= 4 is 40.7 Å². The Morgan fingerprint density at radius 2 is 1.00 bits per heavy atom. The van der Waals surface area contributed by atoms with Crippen LogP contribution in [0.25, 0.3) is 0 Å². The van der Waals surface area contributed by atoms with Gasteiger partial charge in [0, 0.05) is 0 Å². The van der Waals surface area contributed by atoms with Crippen LogP contribution in [0.15, 0.2) is 72.8 Å². The zero-order valence-corrected chi connectivity index (χ0v) is 28.7. The molecule has 0 saturated heterocycles. The normalized spacial score (nSPS) is 14.0. The van der Waals surface area contributed by atoms with Gasteiger partial charge in [0.25, 0.3) is 0 Å². The van der Waals surface area contributed by atoms with Crippen molar-refractivity contribution in [2.45, 2.75) is 60.5 Å². The molecule has 3 aromatic carbocycles. The fourth-order valence-corrected chi connectivity index (χ4v) is 9.21. The van der Waals surface area contributed by atoms with E-state index < -0.39 is 7.41 Å². The van der Waals surface area contributed by atoms with E-state index in [2.05, 4.69) is 101 Å². The van der Waals surface area contributed by atoms with Gasteiger partial charge in [-0.3, -0.25) is 0 Å². The van der Waals surface area contributed by atoms with Gasteiger partial charge < -0.3 is 0 Å². The Hall–Kier alpha value is -2.86. The first-order valence-corrected chi connectivity index (χ1v) is 16.9. The molecule has 0 radical (unpaired) electrons. The minimum atomic E-state index is -2.81. The van der Waals surface area contributed by atoms with Crippen LogP contribution in [0, 0.1) is 10.8 Å². The molecule has 3 aromatic rings. The third-order valence-electron chi connectivity index (χ3n) is 8.14. The van der Waals surface area contributed by atoms with E-state index in [0.29, 0.717) is 11.7 Å². The van der Waals surface area contributed by atoms with Gasteiger partial charge in [0.05, 0.1) is 0 Å². The summed E-state index contributed by atoms with van der Waals surface area (Å²) in [6, 6.07) is 25.6. The van der Waals surface area contributed by atoms with Gasteiger partial charge in [-0.2, -0.15) is 0 Å². The zero-order chi connectivity index (χ0) is 31.1. The molecule has 0 aliphatic rings. The Kier molecular flexibility index (Phi) is 11.3. The number of ether oxygens (including phenoxy) is 3. The van der Waals surface area contributed by atoms with Crippen molar-refractivity contribution in [3.8, 4) is 17.2 Å². The third kappa shape index (κ3) is 8.15. The summed E-state index contributed by atoms with van der Waals surface area (Å²) in [5.74, 6) is 2.47. The summed E-state index contributed by atoms with van der Waals surface area (Å²) in [5, 5.41) is 15.7. The summed E-state index contributed by atoms with van der Waals surface area (Å²) in [6.45, 7) is 16.3. The summed E-state index contributed by atoms with van der Waals surface area (Å²) >= 11 is 5.83. The second kappa shape index (κ2) is 14.1. The molecule has 0 amide bonds. The van der Waals surface area contributed by atoms with Crippen LogP contribution in [0.3, 0.4) is 0 Å². The maximum atomic E-state index is 5.83. The van der Waals surface area contributed by atoms with Crippen molar-refractivity contribution in [2.75, 3.05) is 27.9 Å². The second-order valence-electron chi connectivity index (χ2n) is 12.9.